The normalized spacial score (nSPS) is 27.5. The summed E-state index contributed by atoms with van der Waals surface area (Å²) in [5, 5.41) is 6.68. The van der Waals surface area contributed by atoms with Crippen LogP contribution in [-0.4, -0.2) is 61.2 Å². The maximum absolute atomic E-state index is 13.4. The van der Waals surface area contributed by atoms with Crippen molar-refractivity contribution in [2.24, 2.45) is 11.3 Å². The third-order valence-corrected chi connectivity index (χ3v) is 7.39. The third-order valence-electron chi connectivity index (χ3n) is 7.39. The second-order valence-corrected chi connectivity index (χ2v) is 9.09. The number of benzene rings is 1. The summed E-state index contributed by atoms with van der Waals surface area (Å²) < 4.78 is 11.2. The Morgan fingerprint density at radius 1 is 1.18 bits per heavy atom. The average molecular weight is 497 g/mol. The van der Waals surface area contributed by atoms with E-state index in [4.69, 9.17) is 9.15 Å². The lowest BCUT2D eigenvalue weighted by Crippen LogP contribution is -2.60. The summed E-state index contributed by atoms with van der Waals surface area (Å²) in [7, 11) is 0. The molecule has 3 aliphatic rings. The van der Waals surface area contributed by atoms with Gasteiger partial charge < -0.3 is 19.8 Å². The Kier molecular flexibility index (Phi) is 9.18. The van der Waals surface area contributed by atoms with Crippen LogP contribution in [0.1, 0.15) is 31.4 Å². The predicted octanol–water partition coefficient (Wildman–Crippen LogP) is 3.28. The Morgan fingerprint density at radius 3 is 2.76 bits per heavy atom. The molecular weight excluding hydrogens is 463 g/mol. The number of carbonyl (C=O) groups excluding carboxylic acids is 1. The van der Waals surface area contributed by atoms with Gasteiger partial charge in [0.25, 0.3) is 0 Å². The summed E-state index contributed by atoms with van der Waals surface area (Å²) in [6.07, 6.45) is 5.83. The number of nitrogens with one attached hydrogen (secondary N) is 2. The summed E-state index contributed by atoms with van der Waals surface area (Å²) in [4.78, 5) is 20.6. The number of rotatable bonds is 5. The molecule has 1 aliphatic carbocycles. The molecule has 7 nitrogen and oxygen atoms in total. The van der Waals surface area contributed by atoms with Crippen molar-refractivity contribution in [1.82, 2.24) is 20.5 Å². The highest BCUT2D eigenvalue weighted by Crippen LogP contribution is 2.46. The lowest BCUT2D eigenvalue weighted by molar-refractivity contribution is -0.140. The molecule has 9 heteroatoms. The van der Waals surface area contributed by atoms with Crippen LogP contribution in [-0.2, 0) is 16.1 Å². The third kappa shape index (κ3) is 5.54. The zero-order chi connectivity index (χ0) is 21.1. The number of morpholine rings is 1. The Hall–Kier alpha value is -1.64. The van der Waals surface area contributed by atoms with Crippen molar-refractivity contribution >= 4 is 30.7 Å². The van der Waals surface area contributed by atoms with Crippen molar-refractivity contribution in [3.8, 4) is 11.5 Å². The molecule has 2 N–H and O–H groups in total. The molecule has 0 spiro atoms. The molecule has 3 atom stereocenters. The smallest absolute Gasteiger partial charge is 0.228 e. The van der Waals surface area contributed by atoms with Gasteiger partial charge in [-0.05, 0) is 50.3 Å². The van der Waals surface area contributed by atoms with Crippen LogP contribution in [0.4, 0.5) is 0 Å². The maximum Gasteiger partial charge on any atom is 0.228 e. The molecule has 3 heterocycles. The topological polar surface area (TPSA) is 79.6 Å². The fourth-order valence-electron chi connectivity index (χ4n) is 5.62. The quantitative estimate of drug-likeness (QED) is 0.660. The Balaban J connectivity index is 0.00000153. The number of nitrogens with zero attached hydrogens (tertiary/aromatic N) is 2. The summed E-state index contributed by atoms with van der Waals surface area (Å²) in [6, 6.07) is 10.4. The van der Waals surface area contributed by atoms with Gasteiger partial charge in [-0.25, -0.2) is 4.98 Å². The molecule has 2 saturated heterocycles. The standard InChI is InChI=1S/C24H32N4O3.2ClH/c29-23(26-15-20-16-31-22(27-20)18-4-2-1-3-5-18)24-8-6-21(28-10-12-30-13-11-28)14-19(24)7-9-25-17-24;;/h1-5,16,19,21,25H,6-15,17H2,(H,26,29);2*1H/t19-,21-,24-;;/m1../s1. The SMILES string of the molecule is Cl.Cl.O=C(NCc1coc(-c2ccccc2)n1)[C@@]12CC[C@@H](N3CCOCC3)C[C@H]1CCNC2. The number of piperidine rings is 1. The molecule has 5 rings (SSSR count). The molecule has 2 aromatic rings. The highest BCUT2D eigenvalue weighted by molar-refractivity contribution is 5.85. The lowest BCUT2D eigenvalue weighted by Gasteiger charge is -2.50. The molecule has 0 bridgehead atoms. The van der Waals surface area contributed by atoms with Crippen molar-refractivity contribution in [1.29, 1.82) is 0 Å². The van der Waals surface area contributed by atoms with Gasteiger partial charge in [-0.2, -0.15) is 0 Å². The number of ether oxygens (including phenoxy) is 1. The van der Waals surface area contributed by atoms with E-state index in [9.17, 15) is 4.79 Å². The number of halogens is 2. The van der Waals surface area contributed by atoms with E-state index >= 15 is 0 Å². The van der Waals surface area contributed by atoms with Gasteiger partial charge in [0.15, 0.2) is 0 Å². The molecule has 3 fully saturated rings. The number of aromatic nitrogens is 1. The summed E-state index contributed by atoms with van der Waals surface area (Å²) in [5.41, 5.74) is 1.38. The van der Waals surface area contributed by atoms with Gasteiger partial charge in [0, 0.05) is 31.2 Å². The molecule has 2 aliphatic heterocycles. The number of oxazole rings is 1. The highest BCUT2D eigenvalue weighted by Gasteiger charge is 2.50. The van der Waals surface area contributed by atoms with E-state index in [2.05, 4.69) is 20.5 Å². The van der Waals surface area contributed by atoms with E-state index < -0.39 is 0 Å². The number of hydrogen-bond acceptors (Lipinski definition) is 6. The first-order chi connectivity index (χ1) is 15.2. The first-order valence-electron chi connectivity index (χ1n) is 11.6. The van der Waals surface area contributed by atoms with Crippen LogP contribution in [0.15, 0.2) is 41.0 Å². The van der Waals surface area contributed by atoms with Crippen molar-refractivity contribution in [3.05, 3.63) is 42.3 Å². The largest absolute Gasteiger partial charge is 0.444 e. The number of fused-ring (bicyclic) bond motifs is 1. The minimum atomic E-state index is -0.312. The molecule has 1 aromatic heterocycles. The number of hydrogen-bond donors (Lipinski definition) is 2. The van der Waals surface area contributed by atoms with E-state index in [1.807, 2.05) is 30.3 Å². The lowest BCUT2D eigenvalue weighted by atomic mass is 9.61. The monoisotopic (exact) mass is 496 g/mol. The van der Waals surface area contributed by atoms with Crippen LogP contribution in [0, 0.1) is 11.3 Å². The van der Waals surface area contributed by atoms with Crippen LogP contribution in [0.25, 0.3) is 11.5 Å². The van der Waals surface area contributed by atoms with Crippen molar-refractivity contribution < 1.29 is 13.9 Å². The second-order valence-electron chi connectivity index (χ2n) is 9.09. The van der Waals surface area contributed by atoms with Crippen molar-refractivity contribution in [2.45, 2.75) is 38.3 Å². The maximum atomic E-state index is 13.4. The van der Waals surface area contributed by atoms with Gasteiger partial charge in [-0.15, -0.1) is 24.8 Å². The first kappa shape index (κ1) is 26.0. The average Bonchev–Trinajstić information content (AvgIpc) is 3.32. The van der Waals surface area contributed by atoms with Crippen LogP contribution < -0.4 is 10.6 Å². The Bertz CT molecular complexity index is 891. The summed E-state index contributed by atoms with van der Waals surface area (Å²) in [5.74, 6) is 1.17. The van der Waals surface area contributed by atoms with Crippen molar-refractivity contribution in [2.75, 3.05) is 39.4 Å². The molecular formula is C24H34Cl2N4O3. The minimum Gasteiger partial charge on any atom is -0.444 e. The first-order valence-corrected chi connectivity index (χ1v) is 11.6. The van der Waals surface area contributed by atoms with Crippen LogP contribution in [0.3, 0.4) is 0 Å². The van der Waals surface area contributed by atoms with Crippen LogP contribution >= 0.6 is 24.8 Å². The van der Waals surface area contributed by atoms with Crippen LogP contribution in [0.5, 0.6) is 0 Å². The zero-order valence-electron chi connectivity index (χ0n) is 18.8. The Labute approximate surface area is 207 Å². The van der Waals surface area contributed by atoms with E-state index in [0.717, 1.165) is 76.3 Å². The van der Waals surface area contributed by atoms with Gasteiger partial charge in [0.1, 0.15) is 6.26 Å². The van der Waals surface area contributed by atoms with Gasteiger partial charge in [-0.1, -0.05) is 18.2 Å². The second kappa shape index (κ2) is 11.7. The van der Waals surface area contributed by atoms with Crippen LogP contribution in [0.2, 0.25) is 0 Å². The molecule has 1 saturated carbocycles. The highest BCUT2D eigenvalue weighted by atomic mass is 35.5. The molecule has 1 amide bonds. The fourth-order valence-corrected chi connectivity index (χ4v) is 5.62. The summed E-state index contributed by atoms with van der Waals surface area (Å²) in [6.45, 7) is 5.87. The van der Waals surface area contributed by atoms with E-state index in [1.54, 1.807) is 6.26 Å². The van der Waals surface area contributed by atoms with E-state index in [0.29, 0.717) is 24.4 Å². The van der Waals surface area contributed by atoms with Gasteiger partial charge >= 0.3 is 0 Å². The van der Waals surface area contributed by atoms with E-state index in [1.165, 1.54) is 0 Å². The predicted molar refractivity (Wildman–Crippen MR) is 132 cm³/mol. The van der Waals surface area contributed by atoms with Crippen molar-refractivity contribution in [3.63, 3.8) is 0 Å². The van der Waals surface area contributed by atoms with Gasteiger partial charge in [0.05, 0.1) is 30.9 Å². The molecule has 182 valence electrons. The zero-order valence-corrected chi connectivity index (χ0v) is 20.5. The fraction of sp³-hybridized carbons (Fsp3) is 0.583. The van der Waals surface area contributed by atoms with E-state index in [-0.39, 0.29) is 36.1 Å². The number of amides is 1. The molecule has 0 radical (unpaired) electrons. The Morgan fingerprint density at radius 2 is 1.97 bits per heavy atom. The molecule has 1 aromatic carbocycles. The summed E-state index contributed by atoms with van der Waals surface area (Å²) >= 11 is 0. The number of carbonyl (C=O) groups is 1. The van der Waals surface area contributed by atoms with Gasteiger partial charge in [0.2, 0.25) is 11.8 Å². The van der Waals surface area contributed by atoms with Gasteiger partial charge in [-0.3, -0.25) is 9.69 Å². The molecule has 33 heavy (non-hydrogen) atoms. The molecule has 0 unspecified atom stereocenters. The minimum absolute atomic E-state index is 0.